The summed E-state index contributed by atoms with van der Waals surface area (Å²) in [5.74, 6) is -0.884. The Morgan fingerprint density at radius 3 is 2.73 bits per heavy atom. The zero-order valence-electron chi connectivity index (χ0n) is 7.47. The zero-order valence-corrected chi connectivity index (χ0v) is 9.06. The standard InChI is InChI=1S/C8H8BrFN4O/c9-5-3-4(10)1-2-6(5)13-8(15)14-7(11)12/h1-3H,(H5,11,12,13,14,15). The second-order valence-electron chi connectivity index (χ2n) is 2.62. The van der Waals surface area contributed by atoms with Gasteiger partial charge in [-0.25, -0.2) is 9.18 Å². The minimum absolute atomic E-state index is 0.384. The van der Waals surface area contributed by atoms with Crippen LogP contribution in [0.3, 0.4) is 0 Å². The van der Waals surface area contributed by atoms with Gasteiger partial charge in [0, 0.05) is 4.47 Å². The number of guanidine groups is 1. The largest absolute Gasteiger partial charge is 0.370 e. The minimum Gasteiger partial charge on any atom is -0.370 e. The number of carbonyl (C=O) groups excluding carboxylic acids is 1. The highest BCUT2D eigenvalue weighted by atomic mass is 79.9. The van der Waals surface area contributed by atoms with Gasteiger partial charge in [0.15, 0.2) is 5.96 Å². The molecule has 0 radical (unpaired) electrons. The molecule has 0 unspecified atom stereocenters. The van der Waals surface area contributed by atoms with Crippen molar-refractivity contribution in [1.29, 1.82) is 5.41 Å². The number of anilines is 1. The lowest BCUT2D eigenvalue weighted by molar-refractivity contribution is 0.256. The number of benzene rings is 1. The molecule has 0 atom stereocenters. The molecular weight excluding hydrogens is 267 g/mol. The molecule has 2 amide bonds. The van der Waals surface area contributed by atoms with Gasteiger partial charge in [-0.1, -0.05) is 0 Å². The Balaban J connectivity index is 2.72. The molecule has 0 bridgehead atoms. The van der Waals surface area contributed by atoms with Crippen LogP contribution < -0.4 is 16.4 Å². The summed E-state index contributed by atoms with van der Waals surface area (Å²) in [6.45, 7) is 0. The van der Waals surface area contributed by atoms with Crippen LogP contribution in [-0.4, -0.2) is 12.0 Å². The van der Waals surface area contributed by atoms with E-state index < -0.39 is 17.8 Å². The van der Waals surface area contributed by atoms with Gasteiger partial charge in [0.1, 0.15) is 5.82 Å². The van der Waals surface area contributed by atoms with Crippen molar-refractivity contribution in [2.24, 2.45) is 5.73 Å². The predicted molar refractivity (Wildman–Crippen MR) is 58.2 cm³/mol. The van der Waals surface area contributed by atoms with Gasteiger partial charge < -0.3 is 11.1 Å². The van der Waals surface area contributed by atoms with Gasteiger partial charge in [-0.05, 0) is 34.1 Å². The molecule has 0 aromatic heterocycles. The first-order valence-corrected chi connectivity index (χ1v) is 4.65. The van der Waals surface area contributed by atoms with Gasteiger partial charge in [0.25, 0.3) is 0 Å². The summed E-state index contributed by atoms with van der Waals surface area (Å²) >= 11 is 3.07. The van der Waals surface area contributed by atoms with Crippen molar-refractivity contribution < 1.29 is 9.18 Å². The van der Waals surface area contributed by atoms with Gasteiger partial charge in [-0.3, -0.25) is 10.7 Å². The summed E-state index contributed by atoms with van der Waals surface area (Å²) < 4.78 is 13.1. The third-order valence-electron chi connectivity index (χ3n) is 1.43. The van der Waals surface area contributed by atoms with Gasteiger partial charge in [-0.15, -0.1) is 0 Å². The third-order valence-corrected chi connectivity index (χ3v) is 2.08. The van der Waals surface area contributed by atoms with Gasteiger partial charge in [0.2, 0.25) is 0 Å². The quantitative estimate of drug-likeness (QED) is 0.463. The summed E-state index contributed by atoms with van der Waals surface area (Å²) in [6, 6.07) is 3.14. The first-order chi connectivity index (χ1) is 6.99. The number of rotatable bonds is 1. The fourth-order valence-corrected chi connectivity index (χ4v) is 1.32. The molecule has 0 aliphatic carbocycles. The molecule has 1 rings (SSSR count). The van der Waals surface area contributed by atoms with E-state index in [1.54, 1.807) is 0 Å². The molecule has 0 fully saturated rings. The number of amides is 2. The van der Waals surface area contributed by atoms with Crippen LogP contribution in [0.4, 0.5) is 14.9 Å². The van der Waals surface area contributed by atoms with Crippen LogP contribution in [0.1, 0.15) is 0 Å². The number of hydrogen-bond donors (Lipinski definition) is 4. The zero-order chi connectivity index (χ0) is 11.4. The van der Waals surface area contributed by atoms with E-state index in [0.717, 1.165) is 0 Å². The van der Waals surface area contributed by atoms with E-state index in [0.29, 0.717) is 10.2 Å². The average Bonchev–Trinajstić information content (AvgIpc) is 2.08. The molecule has 5 N–H and O–H groups in total. The van der Waals surface area contributed by atoms with Crippen LogP contribution >= 0.6 is 15.9 Å². The van der Waals surface area contributed by atoms with E-state index in [4.69, 9.17) is 11.1 Å². The smallest absolute Gasteiger partial charge is 0.326 e. The lowest BCUT2D eigenvalue weighted by atomic mass is 10.3. The highest BCUT2D eigenvalue weighted by Gasteiger charge is 2.06. The lowest BCUT2D eigenvalue weighted by Crippen LogP contribution is -2.38. The fourth-order valence-electron chi connectivity index (χ4n) is 0.867. The monoisotopic (exact) mass is 274 g/mol. The summed E-state index contributed by atoms with van der Waals surface area (Å²) in [6.07, 6.45) is 0. The number of hydrogen-bond acceptors (Lipinski definition) is 2. The minimum atomic E-state index is -0.658. The molecule has 0 spiro atoms. The van der Waals surface area contributed by atoms with Crippen molar-refractivity contribution in [1.82, 2.24) is 5.32 Å². The maximum absolute atomic E-state index is 12.7. The van der Waals surface area contributed by atoms with E-state index in [-0.39, 0.29) is 0 Å². The number of urea groups is 1. The molecule has 1 aromatic carbocycles. The van der Waals surface area contributed by atoms with Crippen LogP contribution in [-0.2, 0) is 0 Å². The molecule has 0 aliphatic rings. The number of halogens is 2. The summed E-state index contributed by atoms with van der Waals surface area (Å²) in [5.41, 5.74) is 5.33. The topological polar surface area (TPSA) is 91.0 Å². The Kier molecular flexibility index (Phi) is 3.62. The Morgan fingerprint density at radius 2 is 2.20 bits per heavy atom. The first-order valence-electron chi connectivity index (χ1n) is 3.86. The van der Waals surface area contributed by atoms with E-state index in [9.17, 15) is 9.18 Å². The fraction of sp³-hybridized carbons (Fsp3) is 0. The van der Waals surface area contributed by atoms with Crippen molar-refractivity contribution in [2.45, 2.75) is 0 Å². The first kappa shape index (κ1) is 11.4. The van der Waals surface area contributed by atoms with E-state index in [1.807, 2.05) is 5.32 Å². The summed E-state index contributed by atoms with van der Waals surface area (Å²) in [4.78, 5) is 11.1. The normalized spacial score (nSPS) is 9.47. The molecule has 0 aliphatic heterocycles. The molecule has 7 heteroatoms. The lowest BCUT2D eigenvalue weighted by Gasteiger charge is -2.07. The third kappa shape index (κ3) is 3.55. The highest BCUT2D eigenvalue weighted by Crippen LogP contribution is 2.22. The van der Waals surface area contributed by atoms with Gasteiger partial charge in [0.05, 0.1) is 5.69 Å². The van der Waals surface area contributed by atoms with E-state index in [1.165, 1.54) is 18.2 Å². The van der Waals surface area contributed by atoms with Crippen LogP contribution in [0.25, 0.3) is 0 Å². The molecule has 0 saturated heterocycles. The van der Waals surface area contributed by atoms with Crippen LogP contribution in [0.15, 0.2) is 22.7 Å². The molecule has 0 saturated carbocycles. The van der Waals surface area contributed by atoms with Crippen LogP contribution in [0, 0.1) is 11.2 Å². The molecule has 1 aromatic rings. The van der Waals surface area contributed by atoms with E-state index in [2.05, 4.69) is 21.2 Å². The maximum Gasteiger partial charge on any atom is 0.326 e. The number of nitrogens with one attached hydrogen (secondary N) is 3. The second-order valence-corrected chi connectivity index (χ2v) is 3.47. The number of nitrogens with two attached hydrogens (primary N) is 1. The summed E-state index contributed by atoms with van der Waals surface area (Å²) in [5, 5.41) is 11.2. The second kappa shape index (κ2) is 4.74. The Labute approximate surface area is 93.5 Å². The van der Waals surface area contributed by atoms with Crippen molar-refractivity contribution in [3.05, 3.63) is 28.5 Å². The SMILES string of the molecule is N=C(N)NC(=O)Nc1ccc(F)cc1Br. The van der Waals surface area contributed by atoms with Crippen LogP contribution in [0.5, 0.6) is 0 Å². The van der Waals surface area contributed by atoms with Crippen molar-refractivity contribution in [3.63, 3.8) is 0 Å². The molecular formula is C8H8BrFN4O. The molecule has 5 nitrogen and oxygen atoms in total. The molecule has 0 heterocycles. The van der Waals surface area contributed by atoms with Crippen LogP contribution in [0.2, 0.25) is 0 Å². The Bertz CT molecular complexity index is 410. The Morgan fingerprint density at radius 1 is 1.53 bits per heavy atom. The van der Waals surface area contributed by atoms with E-state index >= 15 is 0 Å². The van der Waals surface area contributed by atoms with Crippen molar-refractivity contribution >= 4 is 33.6 Å². The molecule has 80 valence electrons. The van der Waals surface area contributed by atoms with Gasteiger partial charge >= 0.3 is 6.03 Å². The predicted octanol–water partition coefficient (Wildman–Crippen LogP) is 1.60. The molecule has 15 heavy (non-hydrogen) atoms. The Hall–Kier alpha value is -1.63. The highest BCUT2D eigenvalue weighted by molar-refractivity contribution is 9.10. The van der Waals surface area contributed by atoms with Crippen molar-refractivity contribution in [3.8, 4) is 0 Å². The number of carbonyl (C=O) groups is 1. The average molecular weight is 275 g/mol. The summed E-state index contributed by atoms with van der Waals surface area (Å²) in [7, 11) is 0. The maximum atomic E-state index is 12.7. The van der Waals surface area contributed by atoms with Gasteiger partial charge in [-0.2, -0.15) is 0 Å². The van der Waals surface area contributed by atoms with Crippen molar-refractivity contribution in [2.75, 3.05) is 5.32 Å².